The van der Waals surface area contributed by atoms with Gasteiger partial charge in [-0.25, -0.2) is 0 Å². The van der Waals surface area contributed by atoms with Gasteiger partial charge in [-0.2, -0.15) is 0 Å². The highest BCUT2D eigenvalue weighted by Gasteiger charge is 2.50. The van der Waals surface area contributed by atoms with E-state index in [4.69, 9.17) is 0 Å². The number of nitrogens with one attached hydrogen (secondary N) is 4. The molecule has 3 aliphatic carbocycles. The van der Waals surface area contributed by atoms with Crippen molar-refractivity contribution in [2.75, 3.05) is 13.1 Å². The van der Waals surface area contributed by atoms with Crippen LogP contribution < -0.4 is 21.3 Å². The van der Waals surface area contributed by atoms with Crippen molar-refractivity contribution in [3.05, 3.63) is 130 Å². The first kappa shape index (κ1) is 36.2. The van der Waals surface area contributed by atoms with Crippen LogP contribution in [0.2, 0.25) is 0 Å². The van der Waals surface area contributed by atoms with Crippen molar-refractivity contribution in [2.24, 2.45) is 35.5 Å². The van der Waals surface area contributed by atoms with Gasteiger partial charge in [0.05, 0.1) is 0 Å². The third-order valence-electron chi connectivity index (χ3n) is 13.7. The Hall–Kier alpha value is -5.50. The van der Waals surface area contributed by atoms with Crippen LogP contribution in [0.4, 0.5) is 0 Å². The highest BCUT2D eigenvalue weighted by molar-refractivity contribution is 6.07. The predicted octanol–water partition coefficient (Wildman–Crippen LogP) is 8.19. The average Bonchev–Trinajstić information content (AvgIpc) is 3.25. The molecule has 0 saturated heterocycles. The molecular formula is C48H50N4O4. The average molecular weight is 747 g/mol. The summed E-state index contributed by atoms with van der Waals surface area (Å²) in [5.41, 5.74) is 3.82. The Bertz CT molecular complexity index is 2090. The van der Waals surface area contributed by atoms with E-state index in [2.05, 4.69) is 21.3 Å². The van der Waals surface area contributed by atoms with Gasteiger partial charge in [0.15, 0.2) is 0 Å². The standard InChI is InChI=1S/C48H50N4O4/c53-45-29-11-9-13-31(23-29)47(55)51-27-43-37-19-5-7-21-39(37)44(40-22-8-6-20-38(40)43)28-52-48(56)32-14-10-12-30(24-32)46(54)50-26-42-34-16-2-1-15-33(34)41(25-49-45)35-17-3-4-18-36(35)42/h1-4,9-18,23-24,37-40,43-44H,5-8,19-22,25-28H2,(H,49,53)(H,50,54)(H,51,55)(H,52,56)/t37-,38?,39?,40-,43?,44?/m1/s1. The van der Waals surface area contributed by atoms with Gasteiger partial charge in [-0.05, 0) is 130 Å². The van der Waals surface area contributed by atoms with Gasteiger partial charge in [0, 0.05) is 48.4 Å². The Balaban J connectivity index is 1.08. The Labute approximate surface area is 328 Å². The van der Waals surface area contributed by atoms with Crippen molar-refractivity contribution in [3.63, 3.8) is 0 Å². The molecule has 8 heteroatoms. The highest BCUT2D eigenvalue weighted by atomic mass is 16.2. The summed E-state index contributed by atoms with van der Waals surface area (Å²) in [5, 5.41) is 16.9. The number of fused-ring (bicyclic) bond motifs is 10. The monoisotopic (exact) mass is 746 g/mol. The molecule has 1 heterocycles. The minimum Gasteiger partial charge on any atom is -0.352 e. The van der Waals surface area contributed by atoms with Gasteiger partial charge in [-0.15, -0.1) is 0 Å². The number of carbonyl (C=O) groups is 4. The molecule has 0 aromatic heterocycles. The molecule has 8 bridgehead atoms. The van der Waals surface area contributed by atoms with Crippen LogP contribution in [0, 0.1) is 35.5 Å². The minimum absolute atomic E-state index is 0.142. The Kier molecular flexibility index (Phi) is 10.0. The van der Waals surface area contributed by atoms with E-state index >= 15 is 0 Å². The van der Waals surface area contributed by atoms with Crippen molar-refractivity contribution in [2.45, 2.75) is 64.5 Å². The molecule has 4 amide bonds. The Morgan fingerprint density at radius 3 is 0.982 bits per heavy atom. The third-order valence-corrected chi connectivity index (χ3v) is 13.7. The number of hydrogen-bond donors (Lipinski definition) is 4. The molecule has 8 nitrogen and oxygen atoms in total. The van der Waals surface area contributed by atoms with Crippen LogP contribution in [0.5, 0.6) is 0 Å². The number of rotatable bonds is 0. The molecule has 4 aliphatic rings. The summed E-state index contributed by atoms with van der Waals surface area (Å²) in [5.74, 6) is 1.98. The number of hydrogen-bond acceptors (Lipinski definition) is 4. The molecule has 286 valence electrons. The van der Waals surface area contributed by atoms with Gasteiger partial charge in [0.2, 0.25) is 0 Å². The summed E-state index contributed by atoms with van der Waals surface area (Å²) < 4.78 is 0. The lowest BCUT2D eigenvalue weighted by Gasteiger charge is -2.56. The fraction of sp³-hybridized carbons (Fsp3) is 0.375. The summed E-state index contributed by atoms with van der Waals surface area (Å²) >= 11 is 0. The van der Waals surface area contributed by atoms with Crippen LogP contribution in [0.25, 0.3) is 21.5 Å². The highest BCUT2D eigenvalue weighted by Crippen LogP contribution is 2.55. The van der Waals surface area contributed by atoms with Crippen molar-refractivity contribution in [1.82, 2.24) is 21.3 Å². The molecule has 0 spiro atoms. The third kappa shape index (κ3) is 6.84. The quantitative estimate of drug-likeness (QED) is 0.120. The van der Waals surface area contributed by atoms with E-state index in [1.54, 1.807) is 48.5 Å². The normalized spacial score (nSPS) is 26.1. The van der Waals surface area contributed by atoms with Gasteiger partial charge < -0.3 is 21.3 Å². The molecule has 4 unspecified atom stereocenters. The summed E-state index contributed by atoms with van der Waals surface area (Å²) in [7, 11) is 0. The van der Waals surface area contributed by atoms with Gasteiger partial charge >= 0.3 is 0 Å². The lowest BCUT2D eigenvalue weighted by Crippen LogP contribution is -2.54. The van der Waals surface area contributed by atoms with E-state index in [0.717, 1.165) is 58.4 Å². The second kappa shape index (κ2) is 15.6. The molecule has 0 radical (unpaired) electrons. The first-order valence-electron chi connectivity index (χ1n) is 20.7. The zero-order chi connectivity index (χ0) is 38.2. The first-order chi connectivity index (χ1) is 27.4. The molecule has 3 saturated carbocycles. The molecule has 56 heavy (non-hydrogen) atoms. The fourth-order valence-corrected chi connectivity index (χ4v) is 11.2. The van der Waals surface area contributed by atoms with Crippen LogP contribution in [0.1, 0.15) is 104 Å². The molecule has 5 aromatic rings. The topological polar surface area (TPSA) is 116 Å². The summed E-state index contributed by atoms with van der Waals surface area (Å²) in [6.07, 6.45) is 9.40. The molecule has 6 atom stereocenters. The van der Waals surface area contributed by atoms with Gasteiger partial charge in [0.25, 0.3) is 23.6 Å². The molecule has 5 aromatic carbocycles. The summed E-state index contributed by atoms with van der Waals surface area (Å²) in [6.45, 7) is 1.82. The van der Waals surface area contributed by atoms with E-state index in [-0.39, 0.29) is 36.7 Å². The maximum Gasteiger partial charge on any atom is 0.251 e. The van der Waals surface area contributed by atoms with Crippen LogP contribution in [-0.4, -0.2) is 36.7 Å². The zero-order valence-corrected chi connectivity index (χ0v) is 31.8. The summed E-state index contributed by atoms with van der Waals surface area (Å²) in [4.78, 5) is 55.2. The SMILES string of the molecule is O=C1NCc2c3ccccc3c(c3ccccc23)CNC(=O)c2cccc(c2)C(=O)NCC2C3CCCC[C@H]3C(CNC(=O)c3cccc1c3)C1CCCC[C@H]12. The smallest absolute Gasteiger partial charge is 0.251 e. The number of amides is 4. The Morgan fingerprint density at radius 1 is 0.357 bits per heavy atom. The van der Waals surface area contributed by atoms with Crippen LogP contribution in [0.3, 0.4) is 0 Å². The second-order valence-electron chi connectivity index (χ2n) is 16.5. The van der Waals surface area contributed by atoms with Gasteiger partial charge in [-0.1, -0.05) is 86.3 Å². The zero-order valence-electron chi connectivity index (χ0n) is 31.8. The van der Waals surface area contributed by atoms with E-state index < -0.39 is 0 Å². The fourth-order valence-electron chi connectivity index (χ4n) is 11.2. The van der Waals surface area contributed by atoms with Crippen LogP contribution >= 0.6 is 0 Å². The van der Waals surface area contributed by atoms with Crippen molar-refractivity contribution in [1.29, 1.82) is 0 Å². The lowest BCUT2D eigenvalue weighted by atomic mass is 9.50. The van der Waals surface area contributed by atoms with E-state index in [9.17, 15) is 19.2 Å². The molecule has 1 aliphatic heterocycles. The molecular weight excluding hydrogens is 697 g/mol. The predicted molar refractivity (Wildman–Crippen MR) is 219 cm³/mol. The largest absolute Gasteiger partial charge is 0.352 e. The van der Waals surface area contributed by atoms with Crippen molar-refractivity contribution < 1.29 is 19.2 Å². The second-order valence-corrected chi connectivity index (χ2v) is 16.5. The molecule has 9 rings (SSSR count). The minimum atomic E-state index is -0.242. The van der Waals surface area contributed by atoms with E-state index in [0.29, 0.717) is 70.9 Å². The maximum absolute atomic E-state index is 13.8. The van der Waals surface area contributed by atoms with E-state index in [1.165, 1.54) is 25.7 Å². The molecule has 4 N–H and O–H groups in total. The first-order valence-corrected chi connectivity index (χ1v) is 20.7. The van der Waals surface area contributed by atoms with Gasteiger partial charge in [0.1, 0.15) is 0 Å². The molecule has 3 fully saturated rings. The lowest BCUT2D eigenvalue weighted by molar-refractivity contribution is -0.0585. The summed E-state index contributed by atoms with van der Waals surface area (Å²) in [6, 6.07) is 30.2. The van der Waals surface area contributed by atoms with E-state index in [1.807, 2.05) is 48.5 Å². The van der Waals surface area contributed by atoms with Gasteiger partial charge in [-0.3, -0.25) is 19.2 Å². The van der Waals surface area contributed by atoms with Crippen molar-refractivity contribution >= 4 is 45.2 Å². The van der Waals surface area contributed by atoms with Crippen molar-refractivity contribution in [3.8, 4) is 0 Å². The van der Waals surface area contributed by atoms with Crippen LogP contribution in [-0.2, 0) is 13.1 Å². The number of benzene rings is 5. The maximum atomic E-state index is 13.8. The van der Waals surface area contributed by atoms with Crippen LogP contribution in [0.15, 0.2) is 97.1 Å². The Morgan fingerprint density at radius 2 is 0.661 bits per heavy atom. The number of carbonyl (C=O) groups excluding carboxylic acids is 4.